The summed E-state index contributed by atoms with van der Waals surface area (Å²) in [5.74, 6) is -1.24. The Balaban J connectivity index is 1.74. The smallest absolute Gasteiger partial charge is 0.290 e. The highest BCUT2D eigenvalue weighted by Gasteiger charge is 2.44. The van der Waals surface area contributed by atoms with Crippen molar-refractivity contribution in [3.63, 3.8) is 0 Å². The molecule has 0 radical (unpaired) electrons. The van der Waals surface area contributed by atoms with Crippen LogP contribution in [0, 0.1) is 0 Å². The molecule has 146 valence electrons. The van der Waals surface area contributed by atoms with Gasteiger partial charge in [-0.25, -0.2) is 0 Å². The molecule has 0 saturated carbocycles. The minimum Gasteiger partial charge on any atom is -0.503 e. The van der Waals surface area contributed by atoms with E-state index in [1.54, 1.807) is 17.0 Å². The van der Waals surface area contributed by atoms with E-state index in [0.29, 0.717) is 18.0 Å². The van der Waals surface area contributed by atoms with Crippen LogP contribution in [0.15, 0.2) is 53.1 Å². The van der Waals surface area contributed by atoms with Gasteiger partial charge in [-0.2, -0.15) is 0 Å². The summed E-state index contributed by atoms with van der Waals surface area (Å²) in [5, 5.41) is 12.5. The van der Waals surface area contributed by atoms with Gasteiger partial charge in [0.05, 0.1) is 22.6 Å². The van der Waals surface area contributed by atoms with E-state index in [1.165, 1.54) is 16.9 Å². The number of hydrogen-bond acceptors (Lipinski definition) is 5. The molecule has 0 spiro atoms. The molecule has 5 nitrogen and oxygen atoms in total. The third-order valence-electron chi connectivity index (χ3n) is 5.42. The van der Waals surface area contributed by atoms with Crippen LogP contribution in [0.3, 0.4) is 0 Å². The number of ether oxygens (including phenoxy) is 1. The zero-order valence-corrected chi connectivity index (χ0v) is 16.6. The molecule has 0 unspecified atom stereocenters. The van der Waals surface area contributed by atoms with Gasteiger partial charge in [0, 0.05) is 13.2 Å². The van der Waals surface area contributed by atoms with Gasteiger partial charge in [0.25, 0.3) is 5.91 Å². The van der Waals surface area contributed by atoms with Crippen molar-refractivity contribution in [3.05, 3.63) is 69.1 Å². The van der Waals surface area contributed by atoms with Crippen LogP contribution in [-0.2, 0) is 16.0 Å². The second-order valence-electron chi connectivity index (χ2n) is 7.16. The Morgan fingerprint density at radius 3 is 2.68 bits per heavy atom. The number of aliphatic hydroxyl groups excluding tert-OH is 1. The molecule has 1 amide bonds. The number of nitrogens with zero attached hydrogens (tertiary/aromatic N) is 1. The van der Waals surface area contributed by atoms with Gasteiger partial charge >= 0.3 is 0 Å². The minimum atomic E-state index is -0.600. The van der Waals surface area contributed by atoms with Crippen LogP contribution >= 0.6 is 11.3 Å². The van der Waals surface area contributed by atoms with Gasteiger partial charge in [0.2, 0.25) is 5.78 Å². The van der Waals surface area contributed by atoms with E-state index in [4.69, 9.17) is 4.74 Å². The van der Waals surface area contributed by atoms with Gasteiger partial charge in [-0.3, -0.25) is 9.59 Å². The molecule has 0 bridgehead atoms. The Kier molecular flexibility index (Phi) is 5.33. The molecule has 2 aromatic rings. The third-order valence-corrected chi connectivity index (χ3v) is 6.29. The molecule has 1 fully saturated rings. The number of ketones is 1. The maximum Gasteiger partial charge on any atom is 0.290 e. The molecule has 6 heteroatoms. The Bertz CT molecular complexity index is 895. The largest absolute Gasteiger partial charge is 0.503 e. The minimum absolute atomic E-state index is 0.0645. The summed E-state index contributed by atoms with van der Waals surface area (Å²) in [5.41, 5.74) is 2.17. The summed E-state index contributed by atoms with van der Waals surface area (Å²) in [4.78, 5) is 28.1. The summed E-state index contributed by atoms with van der Waals surface area (Å²) in [6.45, 7) is 3.13. The fourth-order valence-corrected chi connectivity index (χ4v) is 4.58. The van der Waals surface area contributed by atoms with Crippen LogP contribution in [0.2, 0.25) is 0 Å². The van der Waals surface area contributed by atoms with E-state index >= 15 is 0 Å². The lowest BCUT2D eigenvalue weighted by Crippen LogP contribution is -2.37. The highest BCUT2D eigenvalue weighted by Crippen LogP contribution is 2.40. The summed E-state index contributed by atoms with van der Waals surface area (Å²) < 4.78 is 5.71. The Labute approximate surface area is 168 Å². The predicted molar refractivity (Wildman–Crippen MR) is 108 cm³/mol. The number of aryl methyl sites for hydroxylation is 1. The summed E-state index contributed by atoms with van der Waals surface area (Å²) in [6, 6.07) is 10.8. The normalized spacial score (nSPS) is 22.3. The number of carbonyl (C=O) groups excluding carboxylic acids is 2. The first kappa shape index (κ1) is 18.9. The number of hydrogen-bond donors (Lipinski definition) is 1. The van der Waals surface area contributed by atoms with Crippen LogP contribution in [0.4, 0.5) is 0 Å². The number of Topliss-reactive ketones (excluding diaryl/α,β-unsaturated/α-hetero) is 1. The first-order valence-electron chi connectivity index (χ1n) is 9.63. The molecular weight excluding hydrogens is 374 g/mol. The van der Waals surface area contributed by atoms with Crippen LogP contribution in [0.5, 0.6) is 0 Å². The topological polar surface area (TPSA) is 66.8 Å². The van der Waals surface area contributed by atoms with Crippen molar-refractivity contribution >= 4 is 23.0 Å². The molecule has 1 aromatic heterocycles. The van der Waals surface area contributed by atoms with E-state index in [2.05, 4.69) is 6.92 Å². The Hall–Kier alpha value is -2.44. The molecule has 2 atom stereocenters. The number of aliphatic hydroxyl groups is 1. The molecule has 28 heavy (non-hydrogen) atoms. The third kappa shape index (κ3) is 3.38. The van der Waals surface area contributed by atoms with Crippen molar-refractivity contribution in [1.29, 1.82) is 0 Å². The van der Waals surface area contributed by atoms with Gasteiger partial charge in [-0.1, -0.05) is 37.3 Å². The second-order valence-corrected chi connectivity index (χ2v) is 8.11. The van der Waals surface area contributed by atoms with Crippen LogP contribution in [0.1, 0.15) is 46.6 Å². The molecule has 0 aliphatic carbocycles. The lowest BCUT2D eigenvalue weighted by atomic mass is 9.94. The highest BCUT2D eigenvalue weighted by molar-refractivity contribution is 7.12. The quantitative estimate of drug-likeness (QED) is 0.746. The molecule has 2 aliphatic heterocycles. The van der Waals surface area contributed by atoms with Crippen molar-refractivity contribution in [3.8, 4) is 0 Å². The molecule has 3 heterocycles. The van der Waals surface area contributed by atoms with Crippen molar-refractivity contribution < 1.29 is 19.4 Å². The second kappa shape index (κ2) is 7.89. The Morgan fingerprint density at radius 2 is 2.07 bits per heavy atom. The van der Waals surface area contributed by atoms with Crippen molar-refractivity contribution in [2.45, 2.75) is 38.3 Å². The fraction of sp³-hybridized carbons (Fsp3) is 0.364. The average Bonchev–Trinajstić information content (AvgIpc) is 3.46. The maximum absolute atomic E-state index is 13.1. The fourth-order valence-electron chi connectivity index (χ4n) is 3.90. The van der Waals surface area contributed by atoms with Crippen molar-refractivity contribution in [2.75, 3.05) is 13.2 Å². The molecule has 2 aliphatic rings. The SMILES string of the molecule is CCc1ccc([C@H]2C(C(=O)c3cccs3)=C(O)C(=O)N2C[C@H]2CCCO2)cc1. The Morgan fingerprint density at radius 1 is 1.29 bits per heavy atom. The number of amides is 1. The molecule has 1 aromatic carbocycles. The van der Waals surface area contributed by atoms with E-state index in [9.17, 15) is 14.7 Å². The predicted octanol–water partition coefficient (Wildman–Crippen LogP) is 4.07. The molecule has 1 saturated heterocycles. The molecule has 1 N–H and O–H groups in total. The van der Waals surface area contributed by atoms with Crippen molar-refractivity contribution in [1.82, 2.24) is 4.90 Å². The highest BCUT2D eigenvalue weighted by atomic mass is 32.1. The number of benzene rings is 1. The summed E-state index contributed by atoms with van der Waals surface area (Å²) >= 11 is 1.31. The van der Waals surface area contributed by atoms with E-state index in [1.807, 2.05) is 29.6 Å². The van der Waals surface area contributed by atoms with Crippen LogP contribution in [0.25, 0.3) is 0 Å². The zero-order chi connectivity index (χ0) is 19.7. The number of thiophene rings is 1. The summed E-state index contributed by atoms with van der Waals surface area (Å²) in [7, 11) is 0. The van der Waals surface area contributed by atoms with E-state index in [0.717, 1.165) is 24.8 Å². The zero-order valence-electron chi connectivity index (χ0n) is 15.8. The van der Waals surface area contributed by atoms with Gasteiger partial charge in [-0.05, 0) is 41.8 Å². The van der Waals surface area contributed by atoms with Crippen LogP contribution < -0.4 is 0 Å². The monoisotopic (exact) mass is 397 g/mol. The van der Waals surface area contributed by atoms with E-state index < -0.39 is 17.7 Å². The van der Waals surface area contributed by atoms with Gasteiger partial charge in [0.15, 0.2) is 5.76 Å². The standard InChI is InChI=1S/C22H23NO4S/c1-2-14-7-9-15(10-8-14)19-18(20(24)17-6-4-12-28-17)21(25)22(26)23(19)13-16-5-3-11-27-16/h4,6-10,12,16,19,25H,2-3,5,11,13H2,1H3/t16-,19+/m1/s1. The first-order valence-corrected chi connectivity index (χ1v) is 10.5. The average molecular weight is 397 g/mol. The van der Waals surface area contributed by atoms with E-state index in [-0.39, 0.29) is 17.5 Å². The molecule has 4 rings (SSSR count). The summed E-state index contributed by atoms with van der Waals surface area (Å²) in [6.07, 6.45) is 2.68. The lowest BCUT2D eigenvalue weighted by molar-refractivity contribution is -0.131. The molecular formula is C22H23NO4S. The lowest BCUT2D eigenvalue weighted by Gasteiger charge is -2.29. The van der Waals surface area contributed by atoms with Gasteiger partial charge in [-0.15, -0.1) is 11.3 Å². The van der Waals surface area contributed by atoms with Gasteiger partial charge < -0.3 is 14.7 Å². The number of carbonyl (C=O) groups is 2. The van der Waals surface area contributed by atoms with Gasteiger partial charge in [0.1, 0.15) is 0 Å². The van der Waals surface area contributed by atoms with Crippen molar-refractivity contribution in [2.24, 2.45) is 0 Å². The van der Waals surface area contributed by atoms with Crippen LogP contribution in [-0.4, -0.2) is 41.0 Å². The maximum atomic E-state index is 13.1. The number of rotatable bonds is 6. The first-order chi connectivity index (χ1) is 13.6.